The van der Waals surface area contributed by atoms with Gasteiger partial charge in [0, 0.05) is 6.42 Å². The molecule has 22 heavy (non-hydrogen) atoms. The van der Waals surface area contributed by atoms with Gasteiger partial charge in [0.25, 0.3) is 0 Å². The lowest BCUT2D eigenvalue weighted by Gasteiger charge is -2.30. The minimum Gasteiger partial charge on any atom is -0.504 e. The number of rotatable bonds is 11. The first-order valence-electron chi connectivity index (χ1n) is 8.18. The van der Waals surface area contributed by atoms with Crippen molar-refractivity contribution in [1.29, 1.82) is 0 Å². The smallest absolute Gasteiger partial charge is 0.169 e. The van der Waals surface area contributed by atoms with Crippen LogP contribution in [-0.2, 0) is 15.9 Å². The maximum Gasteiger partial charge on any atom is 0.169 e. The fraction of sp³-hybridized carbons (Fsp3) is 0.667. The molecule has 0 aromatic heterocycles. The second kappa shape index (κ2) is 9.70. The summed E-state index contributed by atoms with van der Waals surface area (Å²) in [5, 5.41) is 9.69. The summed E-state index contributed by atoms with van der Waals surface area (Å²) in [6.45, 7) is 7.65. The largest absolute Gasteiger partial charge is 0.504 e. The Bertz CT molecular complexity index is 421. The Labute approximate surface area is 134 Å². The number of aromatic hydroxyl groups is 1. The zero-order valence-corrected chi connectivity index (χ0v) is 14.4. The molecule has 0 bridgehead atoms. The Morgan fingerprint density at radius 2 is 1.64 bits per heavy atom. The molecule has 0 aliphatic rings. The van der Waals surface area contributed by atoms with Gasteiger partial charge in [-0.05, 0) is 37.5 Å². The van der Waals surface area contributed by atoms with Crippen LogP contribution in [0.15, 0.2) is 18.2 Å². The van der Waals surface area contributed by atoms with Crippen molar-refractivity contribution in [3.8, 4) is 11.5 Å². The van der Waals surface area contributed by atoms with Gasteiger partial charge in [0.05, 0.1) is 20.3 Å². The highest BCUT2D eigenvalue weighted by Gasteiger charge is 2.26. The molecule has 4 heteroatoms. The van der Waals surface area contributed by atoms with E-state index in [2.05, 4.69) is 13.8 Å². The van der Waals surface area contributed by atoms with Crippen molar-refractivity contribution in [2.45, 2.75) is 58.7 Å². The fourth-order valence-electron chi connectivity index (χ4n) is 2.21. The topological polar surface area (TPSA) is 47.9 Å². The molecular formula is C18H30O4. The molecule has 1 aromatic rings. The third-order valence-corrected chi connectivity index (χ3v) is 3.58. The Hall–Kier alpha value is -1.26. The maximum absolute atomic E-state index is 9.69. The van der Waals surface area contributed by atoms with Crippen LogP contribution in [-0.4, -0.2) is 31.2 Å². The quantitative estimate of drug-likeness (QED) is 0.489. The summed E-state index contributed by atoms with van der Waals surface area (Å²) < 4.78 is 17.2. The predicted molar refractivity (Wildman–Crippen MR) is 88.5 cm³/mol. The Balaban J connectivity index is 2.77. The van der Waals surface area contributed by atoms with Gasteiger partial charge in [-0.1, -0.05) is 32.8 Å². The molecule has 0 heterocycles. The summed E-state index contributed by atoms with van der Waals surface area (Å²) in [4.78, 5) is 0. The van der Waals surface area contributed by atoms with Crippen LogP contribution >= 0.6 is 0 Å². The van der Waals surface area contributed by atoms with Crippen LogP contribution in [0.2, 0.25) is 0 Å². The van der Waals surface area contributed by atoms with Crippen molar-refractivity contribution in [2.24, 2.45) is 0 Å². The molecule has 0 atom stereocenters. The lowest BCUT2D eigenvalue weighted by Crippen LogP contribution is -2.36. The van der Waals surface area contributed by atoms with Gasteiger partial charge in [-0.25, -0.2) is 0 Å². The van der Waals surface area contributed by atoms with Crippen LogP contribution in [0.3, 0.4) is 0 Å². The van der Waals surface area contributed by atoms with E-state index < -0.39 is 5.79 Å². The summed E-state index contributed by atoms with van der Waals surface area (Å²) in [5.74, 6) is -0.0273. The predicted octanol–water partition coefficient (Wildman–Crippen LogP) is 4.29. The number of benzene rings is 1. The van der Waals surface area contributed by atoms with E-state index in [1.165, 1.54) is 0 Å². The van der Waals surface area contributed by atoms with Gasteiger partial charge in [-0.15, -0.1) is 0 Å². The standard InChI is InChI=1S/C18H30O4/c1-5-7-11-21-18(3,22-12-8-6-2)14-15-9-10-16(19)17(13-15)20-4/h9-10,13,19H,5-8,11-12,14H2,1-4H3. The van der Waals surface area contributed by atoms with Crippen molar-refractivity contribution in [3.63, 3.8) is 0 Å². The Kier molecular flexibility index (Phi) is 8.28. The number of hydrogen-bond donors (Lipinski definition) is 1. The third kappa shape index (κ3) is 6.24. The molecule has 0 aliphatic carbocycles. The molecule has 0 aliphatic heterocycles. The van der Waals surface area contributed by atoms with Crippen molar-refractivity contribution in [1.82, 2.24) is 0 Å². The van der Waals surface area contributed by atoms with Crippen molar-refractivity contribution in [2.75, 3.05) is 20.3 Å². The number of ether oxygens (including phenoxy) is 3. The summed E-state index contributed by atoms with van der Waals surface area (Å²) in [6.07, 6.45) is 4.85. The first kappa shape index (κ1) is 18.8. The number of unbranched alkanes of at least 4 members (excludes halogenated alkanes) is 2. The number of hydrogen-bond acceptors (Lipinski definition) is 4. The molecule has 4 nitrogen and oxygen atoms in total. The SMILES string of the molecule is CCCCOC(C)(Cc1ccc(O)c(OC)c1)OCCCC. The van der Waals surface area contributed by atoms with Crippen LogP contribution in [0.4, 0.5) is 0 Å². The summed E-state index contributed by atoms with van der Waals surface area (Å²) in [5.41, 5.74) is 1.02. The molecule has 126 valence electrons. The van der Waals surface area contributed by atoms with Crippen molar-refractivity contribution < 1.29 is 19.3 Å². The highest BCUT2D eigenvalue weighted by atomic mass is 16.7. The van der Waals surface area contributed by atoms with Crippen LogP contribution in [0.25, 0.3) is 0 Å². The van der Waals surface area contributed by atoms with Gasteiger partial charge >= 0.3 is 0 Å². The highest BCUT2D eigenvalue weighted by Crippen LogP contribution is 2.29. The minimum absolute atomic E-state index is 0.145. The average Bonchev–Trinajstić information content (AvgIpc) is 2.50. The first-order valence-corrected chi connectivity index (χ1v) is 8.18. The van der Waals surface area contributed by atoms with Crippen LogP contribution < -0.4 is 4.74 Å². The fourth-order valence-corrected chi connectivity index (χ4v) is 2.21. The lowest BCUT2D eigenvalue weighted by atomic mass is 10.1. The molecule has 0 fully saturated rings. The monoisotopic (exact) mass is 310 g/mol. The van der Waals surface area contributed by atoms with Gasteiger partial charge < -0.3 is 19.3 Å². The van der Waals surface area contributed by atoms with E-state index in [1.807, 2.05) is 19.1 Å². The van der Waals surface area contributed by atoms with Gasteiger partial charge in [0.1, 0.15) is 0 Å². The van der Waals surface area contributed by atoms with Crippen LogP contribution in [0.5, 0.6) is 11.5 Å². The molecule has 1 aromatic carbocycles. The van der Waals surface area contributed by atoms with E-state index >= 15 is 0 Å². The normalized spacial score (nSPS) is 11.6. The first-order chi connectivity index (χ1) is 10.5. The number of methoxy groups -OCH3 is 1. The zero-order valence-electron chi connectivity index (χ0n) is 14.4. The Morgan fingerprint density at radius 1 is 1.05 bits per heavy atom. The summed E-state index contributed by atoms with van der Waals surface area (Å²) in [7, 11) is 1.55. The van der Waals surface area contributed by atoms with Gasteiger partial charge in [0.2, 0.25) is 0 Å². The van der Waals surface area contributed by atoms with Gasteiger partial charge in [-0.3, -0.25) is 0 Å². The molecule has 0 saturated heterocycles. The van der Waals surface area contributed by atoms with E-state index in [-0.39, 0.29) is 5.75 Å². The Morgan fingerprint density at radius 3 is 2.14 bits per heavy atom. The summed E-state index contributed by atoms with van der Waals surface area (Å²) >= 11 is 0. The van der Waals surface area contributed by atoms with E-state index in [0.29, 0.717) is 25.4 Å². The number of phenolic OH excluding ortho intramolecular Hbond substituents is 1. The van der Waals surface area contributed by atoms with Crippen molar-refractivity contribution >= 4 is 0 Å². The molecular weight excluding hydrogens is 280 g/mol. The van der Waals surface area contributed by atoms with E-state index in [0.717, 1.165) is 31.2 Å². The molecule has 1 rings (SSSR count). The number of phenols is 1. The lowest BCUT2D eigenvalue weighted by molar-refractivity contribution is -0.225. The molecule has 0 saturated carbocycles. The third-order valence-electron chi connectivity index (χ3n) is 3.58. The second-order valence-corrected chi connectivity index (χ2v) is 5.72. The second-order valence-electron chi connectivity index (χ2n) is 5.72. The van der Waals surface area contributed by atoms with Crippen LogP contribution in [0, 0.1) is 0 Å². The molecule has 0 spiro atoms. The average molecular weight is 310 g/mol. The molecule has 0 radical (unpaired) electrons. The highest BCUT2D eigenvalue weighted by molar-refractivity contribution is 5.42. The molecule has 0 unspecified atom stereocenters. The molecule has 0 amide bonds. The van der Waals surface area contributed by atoms with E-state index in [1.54, 1.807) is 13.2 Å². The zero-order chi connectivity index (χ0) is 16.4. The van der Waals surface area contributed by atoms with Crippen molar-refractivity contribution in [3.05, 3.63) is 23.8 Å². The molecule has 1 N–H and O–H groups in total. The summed E-state index contributed by atoms with van der Waals surface area (Å²) in [6, 6.07) is 5.36. The van der Waals surface area contributed by atoms with E-state index in [4.69, 9.17) is 14.2 Å². The van der Waals surface area contributed by atoms with Gasteiger partial charge in [0.15, 0.2) is 17.3 Å². The van der Waals surface area contributed by atoms with Crippen LogP contribution in [0.1, 0.15) is 52.0 Å². The minimum atomic E-state index is -0.647. The van der Waals surface area contributed by atoms with Gasteiger partial charge in [-0.2, -0.15) is 0 Å². The van der Waals surface area contributed by atoms with E-state index in [9.17, 15) is 5.11 Å². The maximum atomic E-state index is 9.69.